The zero-order chi connectivity index (χ0) is 39.6. The zero-order valence-electron chi connectivity index (χ0n) is 23.8. The van der Waals surface area contributed by atoms with E-state index in [0.29, 0.717) is 0 Å². The van der Waals surface area contributed by atoms with Crippen molar-refractivity contribution < 1.29 is 126 Å². The van der Waals surface area contributed by atoms with Gasteiger partial charge in [-0.25, -0.2) is 9.59 Å². The lowest BCUT2D eigenvalue weighted by Gasteiger charge is -2.23. The molecule has 0 N–H and O–H groups in total. The van der Waals surface area contributed by atoms with Gasteiger partial charge >= 0.3 is 60.3 Å². The Bertz CT molecular complexity index is 949. The molecule has 0 saturated heterocycles. The maximum absolute atomic E-state index is 13.0. The third kappa shape index (κ3) is 16.0. The van der Waals surface area contributed by atoms with Crippen LogP contribution in [0.4, 0.5) is 87.8 Å². The molecule has 50 heavy (non-hydrogen) atoms. The molecular weight excluding hydrogens is 772 g/mol. The van der Waals surface area contributed by atoms with Gasteiger partial charge in [0.25, 0.3) is 0 Å². The molecule has 0 radical (unpaired) electrons. The van der Waals surface area contributed by atoms with Crippen molar-refractivity contribution >= 4 is 11.9 Å². The van der Waals surface area contributed by atoms with Crippen LogP contribution < -0.4 is 0 Å². The predicted octanol–water partition coefficient (Wildman–Crippen LogP) is 6.22. The Morgan fingerprint density at radius 2 is 0.560 bits per heavy atom. The van der Waals surface area contributed by atoms with Gasteiger partial charge in [-0.15, -0.1) is 0 Å². The first-order valence-electron chi connectivity index (χ1n) is 12.3. The van der Waals surface area contributed by atoms with Gasteiger partial charge in [-0.05, 0) is 0 Å². The van der Waals surface area contributed by atoms with E-state index in [-0.39, 0.29) is 12.2 Å². The van der Waals surface area contributed by atoms with Gasteiger partial charge in [0.15, 0.2) is 0 Å². The van der Waals surface area contributed by atoms with Crippen LogP contribution in [0.1, 0.15) is 0 Å². The van der Waals surface area contributed by atoms with E-state index in [9.17, 15) is 97.4 Å². The lowest BCUT2D eigenvalue weighted by molar-refractivity contribution is -0.301. The van der Waals surface area contributed by atoms with Crippen molar-refractivity contribution in [1.82, 2.24) is 0 Å². The highest BCUT2D eigenvalue weighted by atomic mass is 19.4. The summed E-state index contributed by atoms with van der Waals surface area (Å²) in [6.45, 7) is -16.5. The summed E-state index contributed by atoms with van der Waals surface area (Å²) in [5.41, 5.74) is 0. The standard InChI is InChI=1S/C22H20F20O8/c23-15(24,19(31,32)33)7-45-3-11(4-46-8-16(25,26)20(34,35)36)49-13(43)1-2-14(44)50-12(5-47-9-17(27,28)21(37,38)39)6-48-10-18(29,30)22(40,41)42/h1-2,11-12H,3-10H2/b2-1-. The van der Waals surface area contributed by atoms with Crippen molar-refractivity contribution in [2.45, 2.75) is 60.6 Å². The summed E-state index contributed by atoms with van der Waals surface area (Å²) in [7, 11) is 0. The maximum Gasteiger partial charge on any atom is 0.455 e. The largest absolute Gasteiger partial charge is 0.455 e. The van der Waals surface area contributed by atoms with Crippen LogP contribution in [0, 0.1) is 0 Å². The van der Waals surface area contributed by atoms with Crippen molar-refractivity contribution in [3.63, 3.8) is 0 Å². The normalized spacial score (nSPS) is 14.6. The van der Waals surface area contributed by atoms with Crippen LogP contribution in [-0.4, -0.2) is 125 Å². The Morgan fingerprint density at radius 1 is 0.380 bits per heavy atom. The number of carbonyl (C=O) groups excluding carboxylic acids is 2. The van der Waals surface area contributed by atoms with Crippen LogP contribution in [-0.2, 0) is 38.0 Å². The van der Waals surface area contributed by atoms with Gasteiger partial charge < -0.3 is 28.4 Å². The Labute approximate surface area is 264 Å². The highest BCUT2D eigenvalue weighted by Crippen LogP contribution is 2.38. The highest BCUT2D eigenvalue weighted by Gasteiger charge is 2.60. The SMILES string of the molecule is O=C(/C=C\C(=O)OC(COCC(F)(F)C(F)(F)F)COCC(F)(F)C(F)(F)F)OC(COCC(F)(F)C(F)(F)F)COCC(F)(F)C(F)(F)F. The van der Waals surface area contributed by atoms with E-state index in [2.05, 4.69) is 28.4 Å². The number of alkyl halides is 20. The molecule has 0 aromatic rings. The van der Waals surface area contributed by atoms with Gasteiger partial charge in [-0.2, -0.15) is 87.8 Å². The summed E-state index contributed by atoms with van der Waals surface area (Å²) >= 11 is 0. The molecule has 0 bridgehead atoms. The molecule has 0 saturated carbocycles. The van der Waals surface area contributed by atoms with Crippen LogP contribution in [0.25, 0.3) is 0 Å². The lowest BCUT2D eigenvalue weighted by Crippen LogP contribution is -2.43. The summed E-state index contributed by atoms with van der Waals surface area (Å²) < 4.78 is 276. The second-order valence-electron chi connectivity index (χ2n) is 9.32. The van der Waals surface area contributed by atoms with E-state index in [0.717, 1.165) is 0 Å². The minimum Gasteiger partial charge on any atom is -0.454 e. The highest BCUT2D eigenvalue weighted by molar-refractivity contribution is 5.91. The van der Waals surface area contributed by atoms with E-state index < -0.39 is 125 Å². The lowest BCUT2D eigenvalue weighted by atomic mass is 10.3. The molecule has 296 valence electrons. The third-order valence-electron chi connectivity index (χ3n) is 4.93. The smallest absolute Gasteiger partial charge is 0.454 e. The van der Waals surface area contributed by atoms with Crippen LogP contribution in [0.5, 0.6) is 0 Å². The minimum atomic E-state index is -6.21. The Hall–Kier alpha value is -2.88. The molecule has 0 aliphatic carbocycles. The van der Waals surface area contributed by atoms with Crippen molar-refractivity contribution in [1.29, 1.82) is 0 Å². The molecule has 0 amide bonds. The molecule has 0 unspecified atom stereocenters. The quantitative estimate of drug-likeness (QED) is 0.0817. The molecule has 0 fully saturated rings. The second kappa shape index (κ2) is 17.6. The van der Waals surface area contributed by atoms with E-state index in [1.54, 1.807) is 0 Å². The summed E-state index contributed by atoms with van der Waals surface area (Å²) in [4.78, 5) is 23.8. The maximum atomic E-state index is 13.0. The predicted molar refractivity (Wildman–Crippen MR) is 116 cm³/mol. The summed E-state index contributed by atoms with van der Waals surface area (Å²) in [5, 5.41) is 0. The van der Waals surface area contributed by atoms with E-state index in [1.807, 2.05) is 0 Å². The summed E-state index contributed by atoms with van der Waals surface area (Å²) in [5.74, 6) is -26.1. The molecule has 28 heteroatoms. The monoisotopic (exact) mass is 792 g/mol. The first-order chi connectivity index (χ1) is 22.2. The van der Waals surface area contributed by atoms with Crippen molar-refractivity contribution in [2.75, 3.05) is 52.9 Å². The molecule has 8 nitrogen and oxygen atoms in total. The fraction of sp³-hybridized carbons (Fsp3) is 0.818. The molecule has 0 atom stereocenters. The van der Waals surface area contributed by atoms with Gasteiger partial charge in [-0.3, -0.25) is 0 Å². The first kappa shape index (κ1) is 47.1. The molecular formula is C22H20F20O8. The molecule has 0 rings (SSSR count). The van der Waals surface area contributed by atoms with E-state index in [1.165, 1.54) is 0 Å². The van der Waals surface area contributed by atoms with Crippen molar-refractivity contribution in [2.24, 2.45) is 0 Å². The molecule has 0 aliphatic heterocycles. The summed E-state index contributed by atoms with van der Waals surface area (Å²) in [6, 6.07) is 0. The Kier molecular flexibility index (Phi) is 16.5. The Morgan fingerprint density at radius 3 is 0.720 bits per heavy atom. The molecule has 0 spiro atoms. The van der Waals surface area contributed by atoms with E-state index >= 15 is 0 Å². The zero-order valence-corrected chi connectivity index (χ0v) is 23.8. The minimum absolute atomic E-state index is 0.0989. The van der Waals surface area contributed by atoms with Gasteiger partial charge in [-0.1, -0.05) is 0 Å². The molecule has 0 heterocycles. The average Bonchev–Trinajstić information content (AvgIpc) is 2.88. The number of carbonyl (C=O) groups is 2. The Balaban J connectivity index is 5.64. The summed E-state index contributed by atoms with van der Waals surface area (Å²) in [6.07, 6.45) is -29.8. The van der Waals surface area contributed by atoms with E-state index in [4.69, 9.17) is 0 Å². The number of rotatable bonds is 20. The molecule has 0 aromatic carbocycles. The number of ether oxygens (including phenoxy) is 6. The van der Waals surface area contributed by atoms with Gasteiger partial charge in [0.05, 0.1) is 26.4 Å². The van der Waals surface area contributed by atoms with Gasteiger partial charge in [0, 0.05) is 12.2 Å². The fourth-order valence-electron chi connectivity index (χ4n) is 2.38. The van der Waals surface area contributed by atoms with Crippen LogP contribution >= 0.6 is 0 Å². The van der Waals surface area contributed by atoms with Crippen molar-refractivity contribution in [3.8, 4) is 0 Å². The van der Waals surface area contributed by atoms with Crippen LogP contribution in [0.3, 0.4) is 0 Å². The van der Waals surface area contributed by atoms with Crippen LogP contribution in [0.2, 0.25) is 0 Å². The number of hydrogen-bond donors (Lipinski definition) is 0. The van der Waals surface area contributed by atoms with Gasteiger partial charge in [0.2, 0.25) is 0 Å². The number of hydrogen-bond acceptors (Lipinski definition) is 8. The van der Waals surface area contributed by atoms with Gasteiger partial charge in [0.1, 0.15) is 38.6 Å². The van der Waals surface area contributed by atoms with Crippen LogP contribution in [0.15, 0.2) is 12.2 Å². The fourth-order valence-corrected chi connectivity index (χ4v) is 2.38. The average molecular weight is 792 g/mol. The number of halogens is 20. The third-order valence-corrected chi connectivity index (χ3v) is 4.93. The van der Waals surface area contributed by atoms with Crippen molar-refractivity contribution in [3.05, 3.63) is 12.2 Å². The molecule has 0 aliphatic rings. The number of esters is 2. The molecule has 0 aromatic heterocycles. The topological polar surface area (TPSA) is 89.5 Å². The first-order valence-corrected chi connectivity index (χ1v) is 12.3. The second-order valence-corrected chi connectivity index (χ2v) is 9.32.